The van der Waals surface area contributed by atoms with Gasteiger partial charge in [0, 0.05) is 30.9 Å². The quantitative estimate of drug-likeness (QED) is 0.375. The van der Waals surface area contributed by atoms with E-state index in [9.17, 15) is 19.5 Å². The molecule has 3 saturated heterocycles. The fourth-order valence-corrected chi connectivity index (χ4v) is 9.17. The number of carbonyl (C=O) groups is 3. The topological polar surface area (TPSA) is 81.2 Å². The second-order valence-corrected chi connectivity index (χ2v) is 12.8. The molecule has 1 aromatic rings. The Hall–Kier alpha value is -2.58. The van der Waals surface area contributed by atoms with Crippen molar-refractivity contribution in [1.82, 2.24) is 14.7 Å². The Kier molecular flexibility index (Phi) is 9.27. The Morgan fingerprint density at radius 3 is 2.49 bits per heavy atom. The molecule has 1 spiro atoms. The van der Waals surface area contributed by atoms with Crippen LogP contribution in [0.25, 0.3) is 0 Å². The first kappa shape index (κ1) is 29.4. The minimum absolute atomic E-state index is 0.00711. The molecule has 8 heteroatoms. The van der Waals surface area contributed by atoms with E-state index in [4.69, 9.17) is 0 Å². The summed E-state index contributed by atoms with van der Waals surface area (Å²) in [6.07, 6.45) is 6.73. The molecule has 0 aromatic heterocycles. The molecule has 3 heterocycles. The molecule has 3 amide bonds. The van der Waals surface area contributed by atoms with Crippen LogP contribution < -0.4 is 0 Å². The third-order valence-electron chi connectivity index (χ3n) is 8.72. The number of carbonyl (C=O) groups excluding carboxylic acids is 3. The number of fused-ring (bicyclic) bond motifs is 1. The lowest BCUT2D eigenvalue weighted by Crippen LogP contribution is -2.58. The molecular weight excluding hydrogens is 510 g/mol. The monoisotopic (exact) mass is 553 g/mol. The van der Waals surface area contributed by atoms with E-state index >= 15 is 0 Å². The molecule has 212 valence electrons. The van der Waals surface area contributed by atoms with Crippen molar-refractivity contribution in [2.75, 3.05) is 19.7 Å². The number of hydrogen-bond donors (Lipinski definition) is 1. The number of amides is 3. The zero-order valence-electron chi connectivity index (χ0n) is 23.5. The van der Waals surface area contributed by atoms with Crippen molar-refractivity contribution in [3.05, 3.63) is 61.2 Å². The van der Waals surface area contributed by atoms with Crippen molar-refractivity contribution in [3.63, 3.8) is 0 Å². The summed E-state index contributed by atoms with van der Waals surface area (Å²) in [5.74, 6) is -1.43. The first-order valence-corrected chi connectivity index (χ1v) is 15.1. The van der Waals surface area contributed by atoms with Crippen LogP contribution in [0.1, 0.15) is 52.0 Å². The zero-order chi connectivity index (χ0) is 28.3. The van der Waals surface area contributed by atoms with Crippen molar-refractivity contribution < 1.29 is 19.5 Å². The van der Waals surface area contributed by atoms with E-state index in [0.29, 0.717) is 26.1 Å². The standard InChI is InChI=1S/C31H43N3O4S/c1-6-12-21(4)33(18-8-3)30(38)27-31-16-15-24(39-31)25(26(31)29(37)34(27)22(5)20-35)28(36)32(17-7-2)19-23-13-10-9-11-14-23/h7-11,13-14,21-22,24-27,35H,2-3,6,12,15-20H2,1,4-5H3/t21?,22-,24-,25+,26+,27?,31?/m1/s1. The van der Waals surface area contributed by atoms with Crippen LogP contribution in [0.3, 0.4) is 0 Å². The summed E-state index contributed by atoms with van der Waals surface area (Å²) < 4.78 is -0.680. The van der Waals surface area contributed by atoms with Gasteiger partial charge in [-0.25, -0.2) is 0 Å². The highest BCUT2D eigenvalue weighted by Gasteiger charge is 2.74. The molecule has 3 fully saturated rings. The Morgan fingerprint density at radius 1 is 1.18 bits per heavy atom. The first-order chi connectivity index (χ1) is 18.7. The predicted octanol–water partition coefficient (Wildman–Crippen LogP) is 3.88. The predicted molar refractivity (Wildman–Crippen MR) is 156 cm³/mol. The summed E-state index contributed by atoms with van der Waals surface area (Å²) >= 11 is 1.67. The summed E-state index contributed by atoms with van der Waals surface area (Å²) in [4.78, 5) is 48.1. The van der Waals surface area contributed by atoms with Crippen molar-refractivity contribution in [1.29, 1.82) is 0 Å². The number of nitrogens with zero attached hydrogens (tertiary/aromatic N) is 3. The molecule has 3 aliphatic heterocycles. The van der Waals surface area contributed by atoms with Gasteiger partial charge in [0.15, 0.2) is 0 Å². The molecule has 2 bridgehead atoms. The second-order valence-electron chi connectivity index (χ2n) is 11.2. The number of hydrogen-bond acceptors (Lipinski definition) is 5. The Bertz CT molecular complexity index is 1080. The van der Waals surface area contributed by atoms with Gasteiger partial charge < -0.3 is 19.8 Å². The Balaban J connectivity index is 1.72. The van der Waals surface area contributed by atoms with E-state index in [-0.39, 0.29) is 35.6 Å². The lowest BCUT2D eigenvalue weighted by molar-refractivity contribution is -0.147. The minimum Gasteiger partial charge on any atom is -0.394 e. The molecule has 7 nitrogen and oxygen atoms in total. The van der Waals surface area contributed by atoms with Crippen molar-refractivity contribution >= 4 is 29.5 Å². The van der Waals surface area contributed by atoms with Crippen molar-refractivity contribution in [3.8, 4) is 0 Å². The molecule has 7 atom stereocenters. The van der Waals surface area contributed by atoms with Crippen LogP contribution in [0.15, 0.2) is 55.6 Å². The smallest absolute Gasteiger partial charge is 0.247 e. The average molecular weight is 554 g/mol. The molecule has 39 heavy (non-hydrogen) atoms. The Morgan fingerprint density at radius 2 is 1.87 bits per heavy atom. The van der Waals surface area contributed by atoms with E-state index in [1.54, 1.807) is 40.6 Å². The summed E-state index contributed by atoms with van der Waals surface area (Å²) in [7, 11) is 0. The minimum atomic E-state index is -0.716. The van der Waals surface area contributed by atoms with E-state index < -0.39 is 28.7 Å². The highest BCUT2D eigenvalue weighted by atomic mass is 32.2. The lowest BCUT2D eigenvalue weighted by Gasteiger charge is -2.40. The fourth-order valence-electron chi connectivity index (χ4n) is 6.97. The van der Waals surface area contributed by atoms with Gasteiger partial charge in [-0.15, -0.1) is 24.9 Å². The highest BCUT2D eigenvalue weighted by molar-refractivity contribution is 8.02. The third-order valence-corrected chi connectivity index (χ3v) is 10.7. The molecule has 0 saturated carbocycles. The first-order valence-electron chi connectivity index (χ1n) is 14.2. The number of rotatable bonds is 13. The molecule has 0 aliphatic carbocycles. The average Bonchev–Trinajstić information content (AvgIpc) is 3.58. The van der Waals surface area contributed by atoms with Gasteiger partial charge in [-0.05, 0) is 38.7 Å². The maximum Gasteiger partial charge on any atom is 0.247 e. The van der Waals surface area contributed by atoms with Gasteiger partial charge in [0.2, 0.25) is 17.7 Å². The summed E-state index contributed by atoms with van der Waals surface area (Å²) in [6.45, 7) is 14.6. The number of benzene rings is 1. The van der Waals surface area contributed by atoms with E-state index in [1.807, 2.05) is 42.2 Å². The summed E-state index contributed by atoms with van der Waals surface area (Å²) in [5.41, 5.74) is 1.02. The molecule has 3 unspecified atom stereocenters. The van der Waals surface area contributed by atoms with E-state index in [0.717, 1.165) is 24.8 Å². The van der Waals surface area contributed by atoms with Gasteiger partial charge in [0.1, 0.15) is 6.04 Å². The second kappa shape index (κ2) is 12.3. The molecule has 3 aliphatic rings. The number of likely N-dealkylation sites (tertiary alicyclic amines) is 1. The van der Waals surface area contributed by atoms with Gasteiger partial charge >= 0.3 is 0 Å². The fraction of sp³-hybridized carbons (Fsp3) is 0.581. The summed E-state index contributed by atoms with van der Waals surface area (Å²) in [6, 6.07) is 8.59. The number of aliphatic hydroxyl groups excluding tert-OH is 1. The van der Waals surface area contributed by atoms with Crippen LogP contribution in [-0.2, 0) is 20.9 Å². The molecule has 4 rings (SSSR count). The molecule has 1 N–H and O–H groups in total. The van der Waals surface area contributed by atoms with Gasteiger partial charge in [0.25, 0.3) is 0 Å². The number of aliphatic hydroxyl groups is 1. The maximum atomic E-state index is 14.4. The van der Waals surface area contributed by atoms with Gasteiger partial charge in [0.05, 0.1) is 29.2 Å². The molecule has 0 radical (unpaired) electrons. The lowest BCUT2D eigenvalue weighted by atomic mass is 9.70. The van der Waals surface area contributed by atoms with Crippen LogP contribution >= 0.6 is 11.8 Å². The zero-order valence-corrected chi connectivity index (χ0v) is 24.3. The third kappa shape index (κ3) is 5.18. The largest absolute Gasteiger partial charge is 0.394 e. The van der Waals surface area contributed by atoms with Crippen LogP contribution in [0, 0.1) is 11.8 Å². The Labute approximate surface area is 237 Å². The molecular formula is C31H43N3O4S. The van der Waals surface area contributed by atoms with Gasteiger partial charge in [-0.1, -0.05) is 55.8 Å². The number of thioether (sulfide) groups is 1. The van der Waals surface area contributed by atoms with Crippen LogP contribution in [0.4, 0.5) is 0 Å². The van der Waals surface area contributed by atoms with Crippen LogP contribution in [0.5, 0.6) is 0 Å². The van der Waals surface area contributed by atoms with E-state index in [2.05, 4.69) is 20.1 Å². The highest BCUT2D eigenvalue weighted by Crippen LogP contribution is 2.67. The normalized spacial score (nSPS) is 28.6. The van der Waals surface area contributed by atoms with Crippen molar-refractivity contribution in [2.45, 2.75) is 81.1 Å². The molecule has 1 aromatic carbocycles. The maximum absolute atomic E-state index is 14.4. The SMILES string of the molecule is C=CCN(Cc1ccccc1)C(=O)[C@@H]1[C@H]2C(=O)N([C@H](C)CO)C(C(=O)N(CC=C)C(C)CCC)C23CC[C@H]1S3. The van der Waals surface area contributed by atoms with Crippen LogP contribution in [0.2, 0.25) is 0 Å². The van der Waals surface area contributed by atoms with Crippen molar-refractivity contribution in [2.24, 2.45) is 11.8 Å². The van der Waals surface area contributed by atoms with E-state index in [1.165, 1.54) is 0 Å². The summed E-state index contributed by atoms with van der Waals surface area (Å²) in [5, 5.41) is 10.1. The van der Waals surface area contributed by atoms with Gasteiger partial charge in [-0.2, -0.15) is 0 Å². The van der Waals surface area contributed by atoms with Gasteiger partial charge in [-0.3, -0.25) is 14.4 Å². The van der Waals surface area contributed by atoms with Crippen LogP contribution in [-0.4, -0.2) is 85.3 Å².